The Kier molecular flexibility index (Phi) is 4.35. The van der Waals surface area contributed by atoms with E-state index < -0.39 is 0 Å². The molecule has 1 aliphatic rings. The van der Waals surface area contributed by atoms with Crippen molar-refractivity contribution < 1.29 is 0 Å². The van der Waals surface area contributed by atoms with Gasteiger partial charge < -0.3 is 5.73 Å². The molecule has 0 bridgehead atoms. The van der Waals surface area contributed by atoms with Crippen LogP contribution in [-0.4, -0.2) is 31.2 Å². The van der Waals surface area contributed by atoms with Crippen molar-refractivity contribution in [3.05, 3.63) is 36.2 Å². The number of hydrogen-bond donors (Lipinski definition) is 1. The summed E-state index contributed by atoms with van der Waals surface area (Å²) >= 11 is 3.91. The molecule has 1 fully saturated rings. The summed E-state index contributed by atoms with van der Waals surface area (Å²) in [7, 11) is 0. The van der Waals surface area contributed by atoms with E-state index >= 15 is 0 Å². The largest absolute Gasteiger partial charge is 0.368 e. The average Bonchev–Trinajstić information content (AvgIpc) is 2.50. The van der Waals surface area contributed by atoms with E-state index in [1.165, 1.54) is 0 Å². The number of hydrogen-bond acceptors (Lipinski definition) is 6. The minimum absolute atomic E-state index is 0.286. The van der Waals surface area contributed by atoms with E-state index in [0.717, 1.165) is 17.1 Å². The molecule has 1 saturated heterocycles. The summed E-state index contributed by atoms with van der Waals surface area (Å²) in [5.41, 5.74) is 6.86. The number of benzene rings is 1. The van der Waals surface area contributed by atoms with Gasteiger partial charge in [-0.15, -0.1) is 11.8 Å². The van der Waals surface area contributed by atoms with Crippen molar-refractivity contribution in [2.45, 2.75) is 29.6 Å². The lowest BCUT2D eigenvalue weighted by molar-refractivity contribution is 0.851. The number of nitrogens with zero attached hydrogens (tertiary/aromatic N) is 3. The highest BCUT2D eigenvalue weighted by Gasteiger charge is 2.29. The molecule has 110 valence electrons. The Bertz CT molecular complexity index is 620. The monoisotopic (exact) mass is 318 g/mol. The third-order valence-corrected chi connectivity index (χ3v) is 6.93. The van der Waals surface area contributed by atoms with Crippen LogP contribution in [0.3, 0.4) is 0 Å². The lowest BCUT2D eigenvalue weighted by Gasteiger charge is -2.30. The first-order chi connectivity index (χ1) is 10.1. The molecule has 4 nitrogen and oxygen atoms in total. The average molecular weight is 318 g/mol. The zero-order chi connectivity index (χ0) is 14.8. The summed E-state index contributed by atoms with van der Waals surface area (Å²) < 4.78 is 0. The SMILES string of the molecule is CC1SCC(c2nc(N)nc(-c3ccccc3)n2)SC1C. The number of thioether (sulfide) groups is 2. The van der Waals surface area contributed by atoms with Gasteiger partial charge in [0.05, 0.1) is 5.25 Å². The molecule has 3 rings (SSSR count). The predicted octanol–water partition coefficient (Wildman–Crippen LogP) is 3.42. The molecule has 1 aromatic heterocycles. The Labute approximate surface area is 133 Å². The molecule has 1 aromatic carbocycles. The minimum Gasteiger partial charge on any atom is -0.368 e. The maximum atomic E-state index is 5.89. The second-order valence-corrected chi connectivity index (χ2v) is 8.10. The molecule has 1 aliphatic heterocycles. The van der Waals surface area contributed by atoms with Crippen molar-refractivity contribution in [3.8, 4) is 11.4 Å². The highest BCUT2D eigenvalue weighted by molar-refractivity contribution is 8.07. The molecule has 0 aliphatic carbocycles. The second-order valence-electron chi connectivity index (χ2n) is 5.11. The predicted molar refractivity (Wildman–Crippen MR) is 91.4 cm³/mol. The topological polar surface area (TPSA) is 64.7 Å². The van der Waals surface area contributed by atoms with Crippen LogP contribution in [0.4, 0.5) is 5.95 Å². The Morgan fingerprint density at radius 3 is 2.52 bits per heavy atom. The van der Waals surface area contributed by atoms with E-state index in [1.807, 2.05) is 53.9 Å². The maximum Gasteiger partial charge on any atom is 0.223 e. The molecular formula is C15H18N4S2. The van der Waals surface area contributed by atoms with Gasteiger partial charge in [-0.05, 0) is 0 Å². The number of anilines is 1. The molecule has 0 amide bonds. The second kappa shape index (κ2) is 6.23. The van der Waals surface area contributed by atoms with E-state index in [1.54, 1.807) is 0 Å². The molecule has 6 heteroatoms. The number of nitrogen functional groups attached to an aromatic ring is 1. The van der Waals surface area contributed by atoms with Gasteiger partial charge in [-0.2, -0.15) is 21.7 Å². The summed E-state index contributed by atoms with van der Waals surface area (Å²) in [5, 5.41) is 1.54. The molecule has 21 heavy (non-hydrogen) atoms. The standard InChI is InChI=1S/C15H18N4S2/c1-9-10(2)21-12(8-20-9)14-17-13(18-15(16)19-14)11-6-4-3-5-7-11/h3-7,9-10,12H,8H2,1-2H3,(H2,16,17,18,19). The van der Waals surface area contributed by atoms with Crippen molar-refractivity contribution in [2.75, 3.05) is 11.5 Å². The zero-order valence-electron chi connectivity index (χ0n) is 12.1. The Hall–Kier alpha value is -1.27. The van der Waals surface area contributed by atoms with Gasteiger partial charge in [-0.25, -0.2) is 4.98 Å². The molecule has 2 N–H and O–H groups in total. The van der Waals surface area contributed by atoms with Crippen LogP contribution in [0.2, 0.25) is 0 Å². The third kappa shape index (κ3) is 3.32. The van der Waals surface area contributed by atoms with Crippen LogP contribution in [0.5, 0.6) is 0 Å². The van der Waals surface area contributed by atoms with Gasteiger partial charge in [0, 0.05) is 21.8 Å². The first-order valence-electron chi connectivity index (χ1n) is 6.97. The quantitative estimate of drug-likeness (QED) is 0.915. The van der Waals surface area contributed by atoms with Gasteiger partial charge in [0.2, 0.25) is 5.95 Å². The number of nitrogens with two attached hydrogens (primary N) is 1. The highest BCUT2D eigenvalue weighted by Crippen LogP contribution is 2.43. The molecule has 2 heterocycles. The molecule has 0 saturated carbocycles. The smallest absolute Gasteiger partial charge is 0.223 e. The van der Waals surface area contributed by atoms with Gasteiger partial charge in [0.15, 0.2) is 5.82 Å². The molecule has 0 spiro atoms. The first kappa shape index (κ1) is 14.7. The third-order valence-electron chi connectivity index (χ3n) is 3.54. The zero-order valence-corrected chi connectivity index (χ0v) is 13.7. The van der Waals surface area contributed by atoms with Crippen LogP contribution in [0.1, 0.15) is 24.9 Å². The summed E-state index contributed by atoms with van der Waals surface area (Å²) in [5.74, 6) is 2.79. The Balaban J connectivity index is 1.92. The lowest BCUT2D eigenvalue weighted by atomic mass is 10.2. The summed E-state index contributed by atoms with van der Waals surface area (Å²) in [6, 6.07) is 9.91. The summed E-state index contributed by atoms with van der Waals surface area (Å²) in [4.78, 5) is 13.3. The van der Waals surface area contributed by atoms with Gasteiger partial charge in [-0.1, -0.05) is 44.2 Å². The van der Waals surface area contributed by atoms with E-state index in [-0.39, 0.29) is 5.25 Å². The van der Waals surface area contributed by atoms with E-state index in [4.69, 9.17) is 5.73 Å². The van der Waals surface area contributed by atoms with Crippen LogP contribution in [0, 0.1) is 0 Å². The van der Waals surface area contributed by atoms with Crippen LogP contribution in [-0.2, 0) is 0 Å². The maximum absolute atomic E-state index is 5.89. The molecular weight excluding hydrogens is 300 g/mol. The fraction of sp³-hybridized carbons (Fsp3) is 0.400. The van der Waals surface area contributed by atoms with Crippen LogP contribution in [0.25, 0.3) is 11.4 Å². The fourth-order valence-corrected chi connectivity index (χ4v) is 5.03. The first-order valence-corrected chi connectivity index (χ1v) is 8.96. The normalized spacial score (nSPS) is 25.7. The van der Waals surface area contributed by atoms with Crippen molar-refractivity contribution in [1.82, 2.24) is 15.0 Å². The molecule has 3 atom stereocenters. The molecule has 2 aromatic rings. The van der Waals surface area contributed by atoms with Gasteiger partial charge in [0.25, 0.3) is 0 Å². The molecule has 0 radical (unpaired) electrons. The minimum atomic E-state index is 0.286. The Morgan fingerprint density at radius 1 is 1.05 bits per heavy atom. The van der Waals surface area contributed by atoms with Crippen LogP contribution < -0.4 is 5.73 Å². The summed E-state index contributed by atoms with van der Waals surface area (Å²) in [6.45, 7) is 4.53. The van der Waals surface area contributed by atoms with E-state index in [2.05, 4.69) is 28.8 Å². The molecule has 3 unspecified atom stereocenters. The van der Waals surface area contributed by atoms with Gasteiger partial charge >= 0.3 is 0 Å². The van der Waals surface area contributed by atoms with Crippen molar-refractivity contribution >= 4 is 29.5 Å². The van der Waals surface area contributed by atoms with E-state index in [9.17, 15) is 0 Å². The van der Waals surface area contributed by atoms with E-state index in [0.29, 0.717) is 22.3 Å². The van der Waals surface area contributed by atoms with Gasteiger partial charge in [-0.3, -0.25) is 0 Å². The fourth-order valence-electron chi connectivity index (χ4n) is 2.19. The van der Waals surface area contributed by atoms with Crippen LogP contribution in [0.15, 0.2) is 30.3 Å². The van der Waals surface area contributed by atoms with Crippen molar-refractivity contribution in [1.29, 1.82) is 0 Å². The number of rotatable bonds is 2. The van der Waals surface area contributed by atoms with Gasteiger partial charge in [0.1, 0.15) is 5.82 Å². The lowest BCUT2D eigenvalue weighted by Crippen LogP contribution is -2.23. The number of aromatic nitrogens is 3. The summed E-state index contributed by atoms with van der Waals surface area (Å²) in [6.07, 6.45) is 0. The van der Waals surface area contributed by atoms with Crippen molar-refractivity contribution in [3.63, 3.8) is 0 Å². The highest BCUT2D eigenvalue weighted by atomic mass is 32.2. The van der Waals surface area contributed by atoms with Crippen LogP contribution >= 0.6 is 23.5 Å². The Morgan fingerprint density at radius 2 is 1.81 bits per heavy atom. The van der Waals surface area contributed by atoms with Crippen molar-refractivity contribution in [2.24, 2.45) is 0 Å².